The highest BCUT2D eigenvalue weighted by molar-refractivity contribution is 6.30. The lowest BCUT2D eigenvalue weighted by Crippen LogP contribution is -2.45. The molecule has 2 saturated carbocycles. The molecule has 2 aromatic rings. The second-order valence-corrected chi connectivity index (χ2v) is 16.3. The summed E-state index contributed by atoms with van der Waals surface area (Å²) in [6.45, 7) is 7.04. The summed E-state index contributed by atoms with van der Waals surface area (Å²) in [5.41, 5.74) is 1.27. The van der Waals surface area contributed by atoms with Crippen molar-refractivity contribution in [2.45, 2.75) is 146 Å². The average molecular weight is 679 g/mol. The summed E-state index contributed by atoms with van der Waals surface area (Å²) < 4.78 is 0. The maximum Gasteiger partial charge on any atom is 0.0937 e. The molecule has 2 heterocycles. The Kier molecular flexibility index (Phi) is 15.6. The molecule has 4 unspecified atom stereocenters. The van der Waals surface area contributed by atoms with Gasteiger partial charge in [0.25, 0.3) is 0 Å². The van der Waals surface area contributed by atoms with Gasteiger partial charge in [-0.15, -0.1) is 0 Å². The number of halogens is 1. The van der Waals surface area contributed by atoms with E-state index in [-0.39, 0.29) is 0 Å². The molecule has 2 aromatic carbocycles. The number of aliphatic hydroxyl groups is 2. The summed E-state index contributed by atoms with van der Waals surface area (Å²) >= 11 is 6.20. The molecule has 0 radical (unpaired) electrons. The number of benzene rings is 2. The molecular weight excluding hydrogens is 612 g/mol. The van der Waals surface area contributed by atoms with Crippen molar-refractivity contribution in [3.05, 3.63) is 70.7 Å². The number of nitrogens with zero attached hydrogens (tertiary/aromatic N) is 2. The van der Waals surface area contributed by atoms with Crippen LogP contribution in [0.15, 0.2) is 54.6 Å². The molecule has 4 atom stereocenters. The molecule has 2 aliphatic heterocycles. The first kappa shape index (κ1) is 37.8. The molecular formula is C43H67ClN2O2. The van der Waals surface area contributed by atoms with Gasteiger partial charge in [-0.25, -0.2) is 0 Å². The fourth-order valence-electron chi connectivity index (χ4n) is 9.35. The minimum absolute atomic E-state index is 0.323. The van der Waals surface area contributed by atoms with Gasteiger partial charge in [-0.1, -0.05) is 118 Å². The normalized spacial score (nSPS) is 29.8. The van der Waals surface area contributed by atoms with Crippen molar-refractivity contribution in [3.8, 4) is 0 Å². The van der Waals surface area contributed by atoms with Crippen LogP contribution >= 0.6 is 11.6 Å². The van der Waals surface area contributed by atoms with Gasteiger partial charge < -0.3 is 20.0 Å². The zero-order chi connectivity index (χ0) is 33.5. The highest BCUT2D eigenvalue weighted by Crippen LogP contribution is 2.41. The SMILES string of the molecule is OC1(CCCc2ccccc2)CCCCCCC1CN1CCCCCC1.OC1(c2cccc(Cl)c2)CCCCCCC1CN1CCCC1. The standard InChI is InChI=1S/C24H39NO.C19H28ClNO/c26-24(18-12-15-22-13-6-5-7-14-22)17-9-2-1-8-16-23(24)21-25-19-10-3-4-11-20-25;20-18-10-7-9-16(14-18)19(22)11-4-2-1-3-8-17(19)15-21-12-5-6-13-21/h5-7,13-14,23,26H,1-4,8-12,15-21H2;7,9-10,14,17,22H,1-6,8,11-13,15H2. The number of aryl methyl sites for hydroxylation is 1. The fraction of sp³-hybridized carbons (Fsp3) is 0.721. The van der Waals surface area contributed by atoms with Crippen LogP contribution in [0.1, 0.15) is 140 Å². The zero-order valence-electron chi connectivity index (χ0n) is 30.1. The van der Waals surface area contributed by atoms with Gasteiger partial charge in [0.05, 0.1) is 11.2 Å². The van der Waals surface area contributed by atoms with E-state index in [1.807, 2.05) is 18.2 Å². The average Bonchev–Trinajstić information content (AvgIpc) is 3.47. The molecule has 0 amide bonds. The minimum Gasteiger partial charge on any atom is -0.390 e. The smallest absolute Gasteiger partial charge is 0.0937 e. The molecule has 2 N–H and O–H groups in total. The number of hydrogen-bond acceptors (Lipinski definition) is 4. The van der Waals surface area contributed by atoms with Crippen molar-refractivity contribution >= 4 is 11.6 Å². The molecule has 2 saturated heterocycles. The maximum atomic E-state index is 11.7. The van der Waals surface area contributed by atoms with E-state index in [9.17, 15) is 10.2 Å². The van der Waals surface area contributed by atoms with Crippen molar-refractivity contribution < 1.29 is 10.2 Å². The first-order valence-electron chi connectivity index (χ1n) is 20.1. The quantitative estimate of drug-likeness (QED) is 0.277. The number of rotatable bonds is 9. The van der Waals surface area contributed by atoms with Crippen LogP contribution in [0, 0.1) is 11.8 Å². The summed E-state index contributed by atoms with van der Waals surface area (Å²) in [7, 11) is 0. The van der Waals surface area contributed by atoms with Gasteiger partial charge in [-0.05, 0) is 120 Å². The van der Waals surface area contributed by atoms with Gasteiger partial charge in [0.2, 0.25) is 0 Å². The van der Waals surface area contributed by atoms with E-state index in [0.29, 0.717) is 11.8 Å². The molecule has 4 fully saturated rings. The van der Waals surface area contributed by atoms with Crippen LogP contribution in [-0.4, -0.2) is 64.9 Å². The molecule has 0 aromatic heterocycles. The molecule has 48 heavy (non-hydrogen) atoms. The third kappa shape index (κ3) is 11.6. The molecule has 4 aliphatic rings. The Balaban J connectivity index is 0.000000190. The second-order valence-electron chi connectivity index (χ2n) is 15.9. The van der Waals surface area contributed by atoms with Crippen LogP contribution in [0.25, 0.3) is 0 Å². The molecule has 4 nitrogen and oxygen atoms in total. The Morgan fingerprint density at radius 3 is 1.83 bits per heavy atom. The van der Waals surface area contributed by atoms with Crippen LogP contribution in [0.3, 0.4) is 0 Å². The predicted molar refractivity (Wildman–Crippen MR) is 203 cm³/mol. The highest BCUT2D eigenvalue weighted by atomic mass is 35.5. The Morgan fingerprint density at radius 2 is 1.17 bits per heavy atom. The van der Waals surface area contributed by atoms with Crippen molar-refractivity contribution in [1.29, 1.82) is 0 Å². The van der Waals surface area contributed by atoms with Crippen LogP contribution in [-0.2, 0) is 12.0 Å². The van der Waals surface area contributed by atoms with E-state index in [2.05, 4.69) is 46.2 Å². The topological polar surface area (TPSA) is 46.9 Å². The van der Waals surface area contributed by atoms with Gasteiger partial charge in [-0.2, -0.15) is 0 Å². The summed E-state index contributed by atoms with van der Waals surface area (Å²) in [4.78, 5) is 5.21. The first-order chi connectivity index (χ1) is 23.4. The lowest BCUT2D eigenvalue weighted by molar-refractivity contribution is -0.0558. The largest absolute Gasteiger partial charge is 0.390 e. The second kappa shape index (κ2) is 19.8. The Labute approximate surface area is 298 Å². The Hall–Kier alpha value is -1.43. The monoisotopic (exact) mass is 678 g/mol. The van der Waals surface area contributed by atoms with Crippen molar-refractivity contribution in [3.63, 3.8) is 0 Å². The third-order valence-corrected chi connectivity index (χ3v) is 12.5. The van der Waals surface area contributed by atoms with Crippen LogP contribution in [0.5, 0.6) is 0 Å². The van der Waals surface area contributed by atoms with Gasteiger partial charge in [0.1, 0.15) is 0 Å². The fourth-order valence-corrected chi connectivity index (χ4v) is 9.54. The lowest BCUT2D eigenvalue weighted by atomic mass is 9.73. The van der Waals surface area contributed by atoms with E-state index >= 15 is 0 Å². The van der Waals surface area contributed by atoms with Gasteiger partial charge in [0.15, 0.2) is 0 Å². The maximum absolute atomic E-state index is 11.7. The van der Waals surface area contributed by atoms with E-state index in [1.165, 1.54) is 122 Å². The molecule has 0 spiro atoms. The number of hydrogen-bond donors (Lipinski definition) is 2. The van der Waals surface area contributed by atoms with Crippen molar-refractivity contribution in [2.75, 3.05) is 39.3 Å². The zero-order valence-corrected chi connectivity index (χ0v) is 30.9. The lowest BCUT2D eigenvalue weighted by Gasteiger charge is -2.41. The predicted octanol–water partition coefficient (Wildman–Crippen LogP) is 10.2. The molecule has 2 aliphatic carbocycles. The molecule has 268 valence electrons. The van der Waals surface area contributed by atoms with E-state index in [4.69, 9.17) is 11.6 Å². The van der Waals surface area contributed by atoms with Crippen LogP contribution < -0.4 is 0 Å². The first-order valence-corrected chi connectivity index (χ1v) is 20.5. The van der Waals surface area contributed by atoms with Gasteiger partial charge >= 0.3 is 0 Å². The van der Waals surface area contributed by atoms with Gasteiger partial charge in [-0.3, -0.25) is 0 Å². The van der Waals surface area contributed by atoms with Gasteiger partial charge in [0, 0.05) is 29.9 Å². The Bertz CT molecular complexity index is 1160. The number of likely N-dealkylation sites (tertiary alicyclic amines) is 2. The third-order valence-electron chi connectivity index (χ3n) is 12.3. The molecule has 5 heteroatoms. The van der Waals surface area contributed by atoms with E-state index in [1.54, 1.807) is 0 Å². The summed E-state index contributed by atoms with van der Waals surface area (Å²) in [5.74, 6) is 0.793. The summed E-state index contributed by atoms with van der Waals surface area (Å²) in [6.07, 6.45) is 25.6. The Morgan fingerprint density at radius 1 is 0.604 bits per heavy atom. The van der Waals surface area contributed by atoms with Crippen molar-refractivity contribution in [1.82, 2.24) is 9.80 Å². The van der Waals surface area contributed by atoms with Crippen LogP contribution in [0.2, 0.25) is 5.02 Å². The summed E-state index contributed by atoms with van der Waals surface area (Å²) in [6, 6.07) is 18.7. The van der Waals surface area contributed by atoms with E-state index < -0.39 is 11.2 Å². The minimum atomic E-state index is -0.714. The molecule has 0 bridgehead atoms. The summed E-state index contributed by atoms with van der Waals surface area (Å²) in [5, 5.41) is 24.0. The highest BCUT2D eigenvalue weighted by Gasteiger charge is 2.40. The van der Waals surface area contributed by atoms with Crippen LogP contribution in [0.4, 0.5) is 0 Å². The van der Waals surface area contributed by atoms with E-state index in [0.717, 1.165) is 68.6 Å². The van der Waals surface area contributed by atoms with Crippen molar-refractivity contribution in [2.24, 2.45) is 11.8 Å². The molecule has 6 rings (SSSR count).